The topological polar surface area (TPSA) is 46.6 Å². The van der Waals surface area contributed by atoms with Crippen molar-refractivity contribution in [3.8, 4) is 0 Å². The van der Waals surface area contributed by atoms with Gasteiger partial charge in [-0.3, -0.25) is 4.79 Å². The van der Waals surface area contributed by atoms with Crippen molar-refractivity contribution in [3.63, 3.8) is 0 Å². The molecule has 0 bridgehead atoms. The number of amides is 1. The van der Waals surface area contributed by atoms with Crippen LogP contribution in [0, 0.1) is 0 Å². The van der Waals surface area contributed by atoms with Crippen LogP contribution in [-0.4, -0.2) is 43.0 Å². The minimum atomic E-state index is -1.76. The summed E-state index contributed by atoms with van der Waals surface area (Å²) in [7, 11) is -1.76. The summed E-state index contributed by atoms with van der Waals surface area (Å²) >= 11 is 3.69. The number of hydrogen-bond acceptors (Lipinski definition) is 3. The molecule has 0 aromatic rings. The van der Waals surface area contributed by atoms with Gasteiger partial charge in [-0.25, -0.2) is 4.79 Å². The molecule has 2 heterocycles. The second-order valence-electron chi connectivity index (χ2n) is 7.15. The third kappa shape index (κ3) is 3.26. The van der Waals surface area contributed by atoms with Gasteiger partial charge in [0, 0.05) is 12.5 Å². The predicted molar refractivity (Wildman–Crippen MR) is 88.8 cm³/mol. The van der Waals surface area contributed by atoms with Crippen molar-refractivity contribution >= 4 is 35.9 Å². The zero-order chi connectivity index (χ0) is 15.9. The van der Waals surface area contributed by atoms with Crippen LogP contribution in [0.2, 0.25) is 19.6 Å². The van der Waals surface area contributed by atoms with Crippen molar-refractivity contribution in [2.24, 2.45) is 0 Å². The number of halogens is 1. The van der Waals surface area contributed by atoms with Gasteiger partial charge in [-0.2, -0.15) is 0 Å². The number of carbonyl (C=O) groups is 2. The van der Waals surface area contributed by atoms with Gasteiger partial charge in [0.2, 0.25) is 5.91 Å². The third-order valence-electron chi connectivity index (χ3n) is 4.02. The molecular weight excluding hydrogens is 350 g/mol. The number of rotatable bonds is 3. The van der Waals surface area contributed by atoms with Gasteiger partial charge in [-0.1, -0.05) is 35.6 Å². The van der Waals surface area contributed by atoms with Crippen LogP contribution in [0.4, 0.5) is 0 Å². The Kier molecular flexibility index (Phi) is 4.68. The van der Waals surface area contributed by atoms with E-state index in [9.17, 15) is 9.59 Å². The van der Waals surface area contributed by atoms with E-state index in [1.807, 2.05) is 13.8 Å². The monoisotopic (exact) mass is 373 g/mol. The Bertz CT molecular complexity index is 496. The number of hydrogen-bond donors (Lipinski definition) is 0. The summed E-state index contributed by atoms with van der Waals surface area (Å²) in [5.41, 5.74) is 0. The number of fused-ring (bicyclic) bond motifs is 1. The first-order chi connectivity index (χ1) is 9.62. The molecule has 4 nitrogen and oxygen atoms in total. The smallest absolute Gasteiger partial charge is 0.333 e. The van der Waals surface area contributed by atoms with Crippen molar-refractivity contribution in [3.05, 3.63) is 9.68 Å². The molecule has 1 fully saturated rings. The minimum Gasteiger partial charge on any atom is -0.461 e. The van der Waals surface area contributed by atoms with E-state index in [1.54, 1.807) is 4.90 Å². The lowest BCUT2D eigenvalue weighted by atomic mass is 9.96. The number of ether oxygens (including phenoxy) is 1. The van der Waals surface area contributed by atoms with E-state index < -0.39 is 14.1 Å². The van der Waals surface area contributed by atoms with Crippen LogP contribution in [0.1, 0.15) is 33.1 Å². The first-order valence-electron chi connectivity index (χ1n) is 7.53. The molecular formula is C15H24BrNO3Si. The fourth-order valence-electron chi connectivity index (χ4n) is 3.15. The van der Waals surface area contributed by atoms with E-state index in [4.69, 9.17) is 4.74 Å². The molecule has 6 heteroatoms. The Morgan fingerprint density at radius 2 is 2.00 bits per heavy atom. The van der Waals surface area contributed by atoms with Gasteiger partial charge < -0.3 is 9.64 Å². The van der Waals surface area contributed by atoms with Crippen LogP contribution < -0.4 is 0 Å². The van der Waals surface area contributed by atoms with Gasteiger partial charge in [0.1, 0.15) is 6.04 Å². The normalized spacial score (nSPS) is 26.4. The van der Waals surface area contributed by atoms with E-state index in [2.05, 4.69) is 35.6 Å². The van der Waals surface area contributed by atoms with Crippen LogP contribution in [0.3, 0.4) is 0 Å². The van der Waals surface area contributed by atoms with E-state index in [-0.39, 0.29) is 24.0 Å². The summed E-state index contributed by atoms with van der Waals surface area (Å²) < 4.78 is 6.56. The fourth-order valence-corrected chi connectivity index (χ4v) is 7.40. The van der Waals surface area contributed by atoms with E-state index in [0.717, 1.165) is 22.5 Å². The van der Waals surface area contributed by atoms with Gasteiger partial charge >= 0.3 is 5.97 Å². The number of allylic oxidation sites excluding steroid dienone is 1. The second kappa shape index (κ2) is 5.87. The first kappa shape index (κ1) is 16.7. The second-order valence-corrected chi connectivity index (χ2v) is 13.2. The molecule has 2 atom stereocenters. The molecule has 21 heavy (non-hydrogen) atoms. The lowest BCUT2D eigenvalue weighted by Gasteiger charge is -2.45. The van der Waals surface area contributed by atoms with Crippen molar-refractivity contribution < 1.29 is 14.3 Å². The minimum absolute atomic E-state index is 0.0728. The highest BCUT2D eigenvalue weighted by atomic mass is 79.9. The zero-order valence-corrected chi connectivity index (χ0v) is 16.0. The lowest BCUT2D eigenvalue weighted by molar-refractivity contribution is -0.165. The number of nitrogens with zero attached hydrogens (tertiary/aromatic N) is 1. The molecule has 0 radical (unpaired) electrons. The SMILES string of the molecule is CC(C)OC(=O)C1C([Si](C)(C)C)=C(Br)CCC2CC(=O)N21. The van der Waals surface area contributed by atoms with Crippen molar-refractivity contribution in [1.29, 1.82) is 0 Å². The van der Waals surface area contributed by atoms with E-state index in [1.165, 1.54) is 0 Å². The zero-order valence-electron chi connectivity index (χ0n) is 13.4. The largest absolute Gasteiger partial charge is 0.461 e. The van der Waals surface area contributed by atoms with Crippen molar-refractivity contribution in [2.45, 2.75) is 70.9 Å². The van der Waals surface area contributed by atoms with Crippen LogP contribution in [0.5, 0.6) is 0 Å². The first-order valence-corrected chi connectivity index (χ1v) is 11.8. The maximum absolute atomic E-state index is 12.7. The maximum atomic E-state index is 12.7. The summed E-state index contributed by atoms with van der Waals surface area (Å²) in [5.74, 6) is -0.206. The molecule has 0 aromatic carbocycles. The highest BCUT2D eigenvalue weighted by Crippen LogP contribution is 2.41. The Balaban J connectivity index is 2.45. The van der Waals surface area contributed by atoms with Crippen LogP contribution >= 0.6 is 15.9 Å². The molecule has 1 amide bonds. The maximum Gasteiger partial charge on any atom is 0.333 e. The van der Waals surface area contributed by atoms with Crippen LogP contribution in [-0.2, 0) is 14.3 Å². The van der Waals surface area contributed by atoms with Crippen molar-refractivity contribution in [1.82, 2.24) is 4.90 Å². The number of carbonyl (C=O) groups excluding carboxylic acids is 2. The molecule has 2 aliphatic heterocycles. The molecule has 2 aliphatic rings. The number of esters is 1. The Labute approximate surface area is 136 Å². The van der Waals surface area contributed by atoms with E-state index in [0.29, 0.717) is 6.42 Å². The Morgan fingerprint density at radius 1 is 1.38 bits per heavy atom. The molecule has 2 rings (SSSR count). The standard InChI is InChI=1S/C15H24BrNO3Si/c1-9(2)20-15(19)13-14(21(3,4)5)11(16)7-6-10-8-12(18)17(10)13/h9-10,13H,6-8H2,1-5H3. The Morgan fingerprint density at radius 3 is 2.48 bits per heavy atom. The van der Waals surface area contributed by atoms with Crippen LogP contribution in [0.15, 0.2) is 9.68 Å². The van der Waals surface area contributed by atoms with Gasteiger partial charge in [0.15, 0.2) is 0 Å². The molecule has 0 aromatic heterocycles. The predicted octanol–water partition coefficient (Wildman–Crippen LogP) is 3.23. The van der Waals surface area contributed by atoms with Crippen LogP contribution in [0.25, 0.3) is 0 Å². The highest BCUT2D eigenvalue weighted by molar-refractivity contribution is 9.11. The van der Waals surface area contributed by atoms with Gasteiger partial charge in [0.05, 0.1) is 14.2 Å². The van der Waals surface area contributed by atoms with Gasteiger partial charge in [0.25, 0.3) is 0 Å². The fraction of sp³-hybridized carbons (Fsp3) is 0.733. The number of β-lactam (4-membered cyclic amide) rings is 1. The Hall–Kier alpha value is -0.623. The molecule has 0 aliphatic carbocycles. The van der Waals surface area contributed by atoms with E-state index >= 15 is 0 Å². The highest BCUT2D eigenvalue weighted by Gasteiger charge is 2.50. The summed E-state index contributed by atoms with van der Waals surface area (Å²) in [6.45, 7) is 10.3. The van der Waals surface area contributed by atoms with Gasteiger partial charge in [-0.05, 0) is 36.4 Å². The molecule has 0 saturated carbocycles. The third-order valence-corrected chi connectivity index (χ3v) is 7.40. The summed E-state index contributed by atoms with van der Waals surface area (Å²) in [6, 6.07) is -0.342. The summed E-state index contributed by atoms with van der Waals surface area (Å²) in [4.78, 5) is 26.5. The lowest BCUT2D eigenvalue weighted by Crippen LogP contribution is -2.61. The van der Waals surface area contributed by atoms with Gasteiger partial charge in [-0.15, -0.1) is 0 Å². The average molecular weight is 374 g/mol. The molecule has 118 valence electrons. The molecule has 1 saturated heterocycles. The molecule has 0 N–H and O–H groups in total. The summed E-state index contributed by atoms with van der Waals surface area (Å²) in [6.07, 6.45) is 2.22. The summed E-state index contributed by atoms with van der Waals surface area (Å²) in [5, 5.41) is 1.11. The molecule has 2 unspecified atom stereocenters. The average Bonchev–Trinajstić information content (AvgIpc) is 2.41. The van der Waals surface area contributed by atoms with Crippen molar-refractivity contribution in [2.75, 3.05) is 0 Å². The molecule has 0 spiro atoms. The quantitative estimate of drug-likeness (QED) is 0.433.